The molecule has 5 radical (unpaired) electrons. The highest BCUT2D eigenvalue weighted by Gasteiger charge is 2.26. The highest BCUT2D eigenvalue weighted by molar-refractivity contribution is 7.81. The van der Waals surface area contributed by atoms with E-state index < -0.39 is 0 Å². The summed E-state index contributed by atoms with van der Waals surface area (Å²) in [6.07, 6.45) is 77.6. The number of rotatable bonds is 50. The predicted octanol–water partition coefficient (Wildman–Crippen LogP) is 36.7. The zero-order valence-corrected chi connectivity index (χ0v) is 80.0. The molecule has 5 fully saturated rings. The van der Waals surface area contributed by atoms with E-state index in [1.165, 1.54) is 353 Å². The molecule has 5 aromatic carbocycles. The standard InChI is InChI=1S/5C21H33OS.5FH/c5*1-2-3-4-5-6-7-8-18-9-11-19(12-10-18)17-22-20-13-15-21(23)16-14-20;;;;;/h5*13-16,18-19H,2-12,17H2,1H3;5*1H. The summed E-state index contributed by atoms with van der Waals surface area (Å²) >= 11 is 25.5. The fraction of sp³-hybridized carbons (Fsp3) is 0.714. The second-order valence-electron chi connectivity index (χ2n) is 36.1. The monoisotopic (exact) mass is 1770 g/mol. The summed E-state index contributed by atoms with van der Waals surface area (Å²) in [5.41, 5.74) is 0. The van der Waals surface area contributed by atoms with Crippen LogP contribution in [0, 0.1) is 59.2 Å². The van der Waals surface area contributed by atoms with E-state index in [0.29, 0.717) is 0 Å². The van der Waals surface area contributed by atoms with Crippen molar-refractivity contribution in [2.75, 3.05) is 33.0 Å². The van der Waals surface area contributed by atoms with E-state index in [2.05, 4.69) is 34.6 Å². The van der Waals surface area contributed by atoms with Crippen molar-refractivity contribution in [2.24, 2.45) is 59.2 Å². The maximum absolute atomic E-state index is 5.93. The van der Waals surface area contributed by atoms with Gasteiger partial charge in [-0.3, -0.25) is 23.5 Å². The molecule has 15 heteroatoms. The average molecular weight is 1770 g/mol. The Morgan fingerprint density at radius 3 is 0.425 bits per heavy atom. The second-order valence-corrected chi connectivity index (χ2v) is 38.5. The Morgan fingerprint density at radius 2 is 0.292 bits per heavy atom. The second kappa shape index (κ2) is 75.0. The molecule has 0 N–H and O–H groups in total. The Hall–Kier alpha value is -4.15. The Bertz CT molecular complexity index is 2530. The average Bonchev–Trinajstić information content (AvgIpc) is 0.908. The molecule has 5 aliphatic carbocycles. The molecule has 0 aromatic heterocycles. The third-order valence-electron chi connectivity index (χ3n) is 26.2. The van der Waals surface area contributed by atoms with Gasteiger partial charge in [0.25, 0.3) is 0 Å². The summed E-state index contributed by atoms with van der Waals surface area (Å²) in [7, 11) is 0. The van der Waals surface area contributed by atoms with Crippen LogP contribution in [-0.4, -0.2) is 33.0 Å². The topological polar surface area (TPSA) is 46.2 Å². The smallest absolute Gasteiger partial charge is 0.119 e. The van der Waals surface area contributed by atoms with Crippen LogP contribution in [0.2, 0.25) is 0 Å². The number of hydrogen-bond donors (Lipinski definition) is 0. The lowest BCUT2D eigenvalue weighted by molar-refractivity contribution is 0.177. The first-order valence-electron chi connectivity index (χ1n) is 48.4. The summed E-state index contributed by atoms with van der Waals surface area (Å²) in [6.45, 7) is 15.8. The van der Waals surface area contributed by atoms with Crippen LogP contribution in [0.4, 0.5) is 23.5 Å². The molecule has 0 atom stereocenters. The SMILES string of the molecule is CCCCCCCCC1CCC(COc2ccc([S])cc2)CC1.CCCCCCCCC1CCC(COc2ccc([S])cc2)CC1.CCCCCCCCC1CCC(COc2ccc([S])cc2)CC1.CCCCCCCCC1CCC(COc2ccc([S])cc2)CC1.CCCCCCCCC1CCC(COc2ccc([S])cc2)CC1.F.F.F.F.F. The molecule has 5 aromatic rings. The lowest BCUT2D eigenvalue weighted by atomic mass is 9.80. The molecule has 0 bridgehead atoms. The normalized spacial score (nSPS) is 20.4. The summed E-state index contributed by atoms with van der Waals surface area (Å²) in [5.74, 6) is 13.5. The Kier molecular flexibility index (Phi) is 71.2. The summed E-state index contributed by atoms with van der Waals surface area (Å²) in [4.78, 5) is 4.41. The molecule has 685 valence electrons. The molecule has 0 aliphatic heterocycles. The molecule has 0 heterocycles. The quantitative estimate of drug-likeness (QED) is 0.0287. The number of benzene rings is 5. The third kappa shape index (κ3) is 56.0. The predicted molar refractivity (Wildman–Crippen MR) is 519 cm³/mol. The van der Waals surface area contributed by atoms with E-state index in [4.69, 9.17) is 86.8 Å². The van der Waals surface area contributed by atoms with Gasteiger partial charge in [0.05, 0.1) is 33.0 Å². The summed E-state index contributed by atoms with van der Waals surface area (Å²) in [6, 6.07) is 39.4. The summed E-state index contributed by atoms with van der Waals surface area (Å²) in [5, 5.41) is 0. The van der Waals surface area contributed by atoms with Gasteiger partial charge in [0.1, 0.15) is 28.7 Å². The molecule has 5 saturated carbocycles. The van der Waals surface area contributed by atoms with Crippen LogP contribution in [0.5, 0.6) is 28.7 Å². The summed E-state index contributed by atoms with van der Waals surface area (Å²) < 4.78 is 29.6. The van der Waals surface area contributed by atoms with Crippen LogP contribution in [0.3, 0.4) is 0 Å². The Labute approximate surface area is 759 Å². The fourth-order valence-electron chi connectivity index (χ4n) is 18.3. The van der Waals surface area contributed by atoms with E-state index >= 15 is 0 Å². The molecule has 5 nitrogen and oxygen atoms in total. The van der Waals surface area contributed by atoms with Gasteiger partial charge in [-0.25, -0.2) is 0 Å². The van der Waals surface area contributed by atoms with E-state index in [1.54, 1.807) is 0 Å². The molecule has 0 spiro atoms. The van der Waals surface area contributed by atoms with E-state index in [1.807, 2.05) is 121 Å². The maximum atomic E-state index is 5.93. The van der Waals surface area contributed by atoms with Crippen LogP contribution < -0.4 is 23.7 Å². The van der Waals surface area contributed by atoms with Gasteiger partial charge in [-0.1, -0.05) is 387 Å². The van der Waals surface area contributed by atoms with Crippen molar-refractivity contribution in [3.8, 4) is 28.7 Å². The minimum absolute atomic E-state index is 0. The molecule has 0 saturated heterocycles. The first-order chi connectivity index (χ1) is 56.4. The highest BCUT2D eigenvalue weighted by atomic mass is 32.1. The fourth-order valence-corrected chi connectivity index (χ4v) is 18.9. The molecule has 120 heavy (non-hydrogen) atoms. The van der Waals surface area contributed by atoms with Crippen molar-refractivity contribution in [2.45, 2.75) is 412 Å². The minimum atomic E-state index is 0. The van der Waals surface area contributed by atoms with Gasteiger partial charge in [-0.05, 0) is 245 Å². The number of ether oxygens (including phenoxy) is 5. The van der Waals surface area contributed by atoms with Crippen LogP contribution in [0.1, 0.15) is 388 Å². The van der Waals surface area contributed by atoms with Crippen LogP contribution >= 0.6 is 63.1 Å². The lowest BCUT2D eigenvalue weighted by Gasteiger charge is -2.28. The number of halogens is 5. The van der Waals surface area contributed by atoms with E-state index in [-0.39, 0.29) is 23.5 Å². The molecule has 5 aliphatic rings. The molecular formula is C105H170F5O5S5. The van der Waals surface area contributed by atoms with Gasteiger partial charge in [0.15, 0.2) is 0 Å². The van der Waals surface area contributed by atoms with Crippen molar-refractivity contribution in [1.29, 1.82) is 0 Å². The number of hydrogen-bond acceptors (Lipinski definition) is 5. The van der Waals surface area contributed by atoms with Gasteiger partial charge in [-0.2, -0.15) is 0 Å². The molecular weight excluding hydrogens is 1600 g/mol. The van der Waals surface area contributed by atoms with Gasteiger partial charge in [0, 0.05) is 24.5 Å². The van der Waals surface area contributed by atoms with Crippen molar-refractivity contribution < 1.29 is 47.2 Å². The Balaban J connectivity index is 0.000000742. The van der Waals surface area contributed by atoms with Gasteiger partial charge in [-0.15, -0.1) is 0 Å². The van der Waals surface area contributed by atoms with Gasteiger partial charge < -0.3 is 23.7 Å². The number of unbranched alkanes of at least 4 members (excludes halogenated alkanes) is 25. The maximum Gasteiger partial charge on any atom is 0.119 e. The lowest BCUT2D eigenvalue weighted by Crippen LogP contribution is -2.20. The zero-order valence-electron chi connectivity index (χ0n) is 75.9. The molecule has 0 amide bonds. The minimum Gasteiger partial charge on any atom is -0.493 e. The van der Waals surface area contributed by atoms with Crippen LogP contribution in [-0.2, 0) is 0 Å². The van der Waals surface area contributed by atoms with E-state index in [9.17, 15) is 0 Å². The van der Waals surface area contributed by atoms with Gasteiger partial charge >= 0.3 is 0 Å². The van der Waals surface area contributed by atoms with Crippen molar-refractivity contribution in [3.05, 3.63) is 121 Å². The van der Waals surface area contributed by atoms with E-state index in [0.717, 1.165) is 145 Å². The largest absolute Gasteiger partial charge is 0.493 e. The highest BCUT2D eigenvalue weighted by Crippen LogP contribution is 2.39. The van der Waals surface area contributed by atoms with Crippen LogP contribution in [0.15, 0.2) is 146 Å². The molecule has 10 rings (SSSR count). The molecule has 0 unspecified atom stereocenters. The van der Waals surface area contributed by atoms with Crippen molar-refractivity contribution in [1.82, 2.24) is 0 Å². The van der Waals surface area contributed by atoms with Crippen molar-refractivity contribution >= 4 is 63.1 Å². The first kappa shape index (κ1) is 114. The Morgan fingerprint density at radius 1 is 0.175 bits per heavy atom. The van der Waals surface area contributed by atoms with Gasteiger partial charge in [0.2, 0.25) is 0 Å². The van der Waals surface area contributed by atoms with Crippen LogP contribution in [0.25, 0.3) is 0 Å². The first-order valence-corrected chi connectivity index (χ1v) is 50.4. The van der Waals surface area contributed by atoms with Crippen molar-refractivity contribution in [3.63, 3.8) is 0 Å². The zero-order chi connectivity index (χ0) is 81.7. The third-order valence-corrected chi connectivity index (χ3v) is 27.6.